The van der Waals surface area contributed by atoms with Crippen LogP contribution in [0, 0.1) is 0 Å². The molecule has 3 atom stereocenters. The summed E-state index contributed by atoms with van der Waals surface area (Å²) in [6.45, 7) is 0.258. The summed E-state index contributed by atoms with van der Waals surface area (Å²) in [5.41, 5.74) is 2.15. The van der Waals surface area contributed by atoms with Crippen LogP contribution < -0.4 is 0 Å². The number of rotatable bonds is 9. The SMILES string of the molecule is O=C(O)[C@@H]1CC(c2ccccc2)CN1C(=O)CP(=O)(O)CCCCc1ccccc1. The van der Waals surface area contributed by atoms with Crippen LogP contribution in [0.25, 0.3) is 0 Å². The summed E-state index contributed by atoms with van der Waals surface area (Å²) < 4.78 is 12.6. The number of nitrogens with zero attached hydrogens (tertiary/aromatic N) is 1. The van der Waals surface area contributed by atoms with Gasteiger partial charge in [0.2, 0.25) is 13.3 Å². The van der Waals surface area contributed by atoms with E-state index in [0.29, 0.717) is 12.8 Å². The average molecular weight is 429 g/mol. The Balaban J connectivity index is 1.54. The van der Waals surface area contributed by atoms with Gasteiger partial charge in [0, 0.05) is 18.6 Å². The van der Waals surface area contributed by atoms with Crippen molar-refractivity contribution in [3.05, 3.63) is 71.8 Å². The number of carbonyl (C=O) groups is 2. The van der Waals surface area contributed by atoms with Crippen molar-refractivity contribution in [3.8, 4) is 0 Å². The molecule has 7 heteroatoms. The Morgan fingerprint density at radius 2 is 1.63 bits per heavy atom. The van der Waals surface area contributed by atoms with Crippen LogP contribution in [0.2, 0.25) is 0 Å². The lowest BCUT2D eigenvalue weighted by molar-refractivity contribution is -0.147. The molecule has 2 aromatic rings. The predicted molar refractivity (Wildman–Crippen MR) is 116 cm³/mol. The molecule has 30 heavy (non-hydrogen) atoms. The lowest BCUT2D eigenvalue weighted by atomic mass is 9.96. The molecule has 0 aliphatic carbocycles. The number of hydrogen-bond acceptors (Lipinski definition) is 3. The van der Waals surface area contributed by atoms with E-state index in [9.17, 15) is 24.2 Å². The smallest absolute Gasteiger partial charge is 0.326 e. The minimum Gasteiger partial charge on any atom is -0.480 e. The quantitative estimate of drug-likeness (QED) is 0.468. The molecule has 0 saturated carbocycles. The Hall–Kier alpha value is -2.43. The Morgan fingerprint density at radius 1 is 1.00 bits per heavy atom. The highest BCUT2D eigenvalue weighted by Gasteiger charge is 2.41. The van der Waals surface area contributed by atoms with Crippen molar-refractivity contribution in [2.45, 2.75) is 37.6 Å². The van der Waals surface area contributed by atoms with E-state index in [-0.39, 0.29) is 18.6 Å². The van der Waals surface area contributed by atoms with E-state index < -0.39 is 31.4 Å². The van der Waals surface area contributed by atoms with Gasteiger partial charge in [0.1, 0.15) is 12.2 Å². The average Bonchev–Trinajstić information content (AvgIpc) is 3.19. The number of unbranched alkanes of at least 4 members (excludes halogenated alkanes) is 1. The monoisotopic (exact) mass is 429 g/mol. The molecule has 0 bridgehead atoms. The molecule has 0 radical (unpaired) electrons. The van der Waals surface area contributed by atoms with Crippen molar-refractivity contribution in [1.82, 2.24) is 4.90 Å². The van der Waals surface area contributed by atoms with Crippen LogP contribution in [0.1, 0.15) is 36.3 Å². The van der Waals surface area contributed by atoms with Gasteiger partial charge in [-0.25, -0.2) is 4.79 Å². The second-order valence-electron chi connectivity index (χ2n) is 7.91. The molecule has 1 amide bonds. The zero-order chi connectivity index (χ0) is 21.6. The fraction of sp³-hybridized carbons (Fsp3) is 0.391. The number of carbonyl (C=O) groups excluding carboxylic acids is 1. The molecule has 1 fully saturated rings. The summed E-state index contributed by atoms with van der Waals surface area (Å²) in [6, 6.07) is 18.4. The van der Waals surface area contributed by atoms with Crippen molar-refractivity contribution in [2.24, 2.45) is 0 Å². The van der Waals surface area contributed by atoms with Crippen molar-refractivity contribution in [2.75, 3.05) is 18.9 Å². The second-order valence-corrected chi connectivity index (χ2v) is 10.4. The second kappa shape index (κ2) is 10.1. The number of hydrogen-bond donors (Lipinski definition) is 2. The van der Waals surface area contributed by atoms with E-state index in [1.807, 2.05) is 60.7 Å². The topological polar surface area (TPSA) is 94.9 Å². The Morgan fingerprint density at radius 3 is 2.27 bits per heavy atom. The molecule has 0 spiro atoms. The molecule has 1 aliphatic rings. The number of aliphatic carboxylic acids is 1. The first-order chi connectivity index (χ1) is 14.4. The van der Waals surface area contributed by atoms with Crippen LogP contribution in [0.5, 0.6) is 0 Å². The van der Waals surface area contributed by atoms with Gasteiger partial charge in [0.15, 0.2) is 0 Å². The van der Waals surface area contributed by atoms with Crippen molar-refractivity contribution in [1.29, 1.82) is 0 Å². The highest BCUT2D eigenvalue weighted by Crippen LogP contribution is 2.43. The largest absolute Gasteiger partial charge is 0.480 e. The van der Waals surface area contributed by atoms with Crippen LogP contribution in [-0.4, -0.2) is 51.7 Å². The lowest BCUT2D eigenvalue weighted by Crippen LogP contribution is -2.42. The molecule has 1 aliphatic heterocycles. The predicted octanol–water partition coefficient (Wildman–Crippen LogP) is 3.75. The van der Waals surface area contributed by atoms with E-state index in [4.69, 9.17) is 0 Å². The summed E-state index contributed by atoms with van der Waals surface area (Å²) in [7, 11) is -3.65. The van der Waals surface area contributed by atoms with Crippen molar-refractivity contribution >= 4 is 19.2 Å². The fourth-order valence-electron chi connectivity index (χ4n) is 4.03. The Bertz CT molecular complexity index is 902. The summed E-state index contributed by atoms with van der Waals surface area (Å²) in [6.07, 6.45) is 2.02. The van der Waals surface area contributed by atoms with E-state index >= 15 is 0 Å². The molecular weight excluding hydrogens is 401 g/mol. The zero-order valence-electron chi connectivity index (χ0n) is 16.9. The fourth-order valence-corrected chi connectivity index (χ4v) is 5.51. The third-order valence-corrected chi connectivity index (χ3v) is 7.41. The maximum absolute atomic E-state index is 12.7. The van der Waals surface area contributed by atoms with E-state index in [1.165, 1.54) is 10.5 Å². The van der Waals surface area contributed by atoms with Gasteiger partial charge < -0.3 is 14.9 Å². The lowest BCUT2D eigenvalue weighted by Gasteiger charge is -2.23. The van der Waals surface area contributed by atoms with Gasteiger partial charge in [-0.15, -0.1) is 0 Å². The molecule has 2 aromatic carbocycles. The van der Waals surface area contributed by atoms with Gasteiger partial charge in [-0.2, -0.15) is 0 Å². The molecule has 1 heterocycles. The highest BCUT2D eigenvalue weighted by molar-refractivity contribution is 7.58. The summed E-state index contributed by atoms with van der Waals surface area (Å²) in [5.74, 6) is -1.70. The van der Waals surface area contributed by atoms with Crippen LogP contribution in [0.4, 0.5) is 0 Å². The molecule has 6 nitrogen and oxygen atoms in total. The summed E-state index contributed by atoms with van der Waals surface area (Å²) in [4.78, 5) is 36.0. The molecule has 2 N–H and O–H groups in total. The van der Waals surface area contributed by atoms with Crippen LogP contribution in [-0.2, 0) is 20.6 Å². The maximum atomic E-state index is 12.7. The van der Waals surface area contributed by atoms with Gasteiger partial charge in [-0.3, -0.25) is 9.36 Å². The first-order valence-corrected chi connectivity index (χ1v) is 12.3. The third-order valence-electron chi connectivity index (χ3n) is 5.63. The third kappa shape index (κ3) is 6.04. The molecule has 1 saturated heterocycles. The first kappa shape index (κ1) is 22.3. The van der Waals surface area contributed by atoms with Crippen LogP contribution in [0.15, 0.2) is 60.7 Å². The number of benzene rings is 2. The molecule has 0 aromatic heterocycles. The number of amides is 1. The van der Waals surface area contributed by atoms with E-state index in [2.05, 4.69) is 0 Å². The van der Waals surface area contributed by atoms with E-state index in [1.54, 1.807) is 0 Å². The molecule has 160 valence electrons. The summed E-state index contributed by atoms with van der Waals surface area (Å²) >= 11 is 0. The minimum atomic E-state index is -3.65. The van der Waals surface area contributed by atoms with Crippen molar-refractivity contribution in [3.63, 3.8) is 0 Å². The number of likely N-dealkylation sites (tertiary alicyclic amines) is 1. The van der Waals surface area contributed by atoms with Gasteiger partial charge >= 0.3 is 5.97 Å². The highest BCUT2D eigenvalue weighted by atomic mass is 31.2. The summed E-state index contributed by atoms with van der Waals surface area (Å²) in [5, 5.41) is 9.55. The number of aryl methyl sites for hydroxylation is 1. The minimum absolute atomic E-state index is 0.0687. The first-order valence-electron chi connectivity index (χ1n) is 10.3. The molecule has 3 rings (SSSR count). The van der Waals surface area contributed by atoms with Crippen LogP contribution >= 0.6 is 7.37 Å². The van der Waals surface area contributed by atoms with Gasteiger partial charge in [0.25, 0.3) is 0 Å². The van der Waals surface area contributed by atoms with Crippen LogP contribution in [0.3, 0.4) is 0 Å². The maximum Gasteiger partial charge on any atom is 0.326 e. The van der Waals surface area contributed by atoms with E-state index in [0.717, 1.165) is 18.4 Å². The number of carboxylic acid groups (broad SMARTS) is 1. The molecular formula is C23H28NO5P. The van der Waals surface area contributed by atoms with Crippen molar-refractivity contribution < 1.29 is 24.2 Å². The Kier molecular flexibility index (Phi) is 7.46. The van der Waals surface area contributed by atoms with Gasteiger partial charge in [-0.1, -0.05) is 60.7 Å². The number of carboxylic acids is 1. The Labute approximate surface area is 177 Å². The van der Waals surface area contributed by atoms with Gasteiger partial charge in [0.05, 0.1) is 0 Å². The molecule has 2 unspecified atom stereocenters. The zero-order valence-corrected chi connectivity index (χ0v) is 17.8. The normalized spacial score (nSPS) is 20.6. The van der Waals surface area contributed by atoms with Gasteiger partial charge in [-0.05, 0) is 36.8 Å². The standard InChI is InChI=1S/C23H28NO5P/c25-22(17-30(28,29)14-8-7-11-18-9-3-1-4-10-18)24-16-20(15-21(24)23(26)27)19-12-5-2-6-13-19/h1-6,9-10,12-13,20-21H,7-8,11,14-17H2,(H,26,27)(H,28,29)/t20?,21-/m0/s1.